The molecule has 1 unspecified atom stereocenters. The fourth-order valence-corrected chi connectivity index (χ4v) is 3.20. The largest absolute Gasteiger partial charge is 0.396 e. The number of nitrogens with zero attached hydrogens (tertiary/aromatic N) is 1. The minimum absolute atomic E-state index is 0. The van der Waals surface area contributed by atoms with Crippen molar-refractivity contribution < 1.29 is 14.6 Å². The first kappa shape index (κ1) is 24.6. The summed E-state index contributed by atoms with van der Waals surface area (Å²) in [5.74, 6) is 0.743. The van der Waals surface area contributed by atoms with E-state index in [1.165, 1.54) is 0 Å². The normalized spacial score (nSPS) is 19.0. The van der Waals surface area contributed by atoms with Crippen LogP contribution in [0.3, 0.4) is 0 Å². The summed E-state index contributed by atoms with van der Waals surface area (Å²) in [6.07, 6.45) is 3.02. The summed E-state index contributed by atoms with van der Waals surface area (Å²) in [6, 6.07) is 7.80. The number of nitrogens with one attached hydrogen (secondary N) is 3. The van der Waals surface area contributed by atoms with E-state index in [-0.39, 0.29) is 41.9 Å². The molecule has 7 nitrogen and oxygen atoms in total. The maximum absolute atomic E-state index is 11.7. The maximum Gasteiger partial charge on any atom is 0.224 e. The highest BCUT2D eigenvalue weighted by atomic mass is 127. The Morgan fingerprint density at radius 3 is 2.82 bits per heavy atom. The van der Waals surface area contributed by atoms with Crippen LogP contribution in [-0.2, 0) is 16.1 Å². The Labute approximate surface area is 184 Å². The Hall–Kier alpha value is -1.39. The number of benzene rings is 1. The van der Waals surface area contributed by atoms with Crippen molar-refractivity contribution in [3.05, 3.63) is 29.8 Å². The molecule has 0 saturated carbocycles. The monoisotopic (exact) mass is 504 g/mol. The van der Waals surface area contributed by atoms with E-state index in [1.807, 2.05) is 31.2 Å². The van der Waals surface area contributed by atoms with Crippen LogP contribution in [0.15, 0.2) is 29.3 Å². The molecule has 1 aromatic rings. The van der Waals surface area contributed by atoms with E-state index < -0.39 is 0 Å². The van der Waals surface area contributed by atoms with Crippen LogP contribution in [-0.4, -0.2) is 50.4 Å². The lowest BCUT2D eigenvalue weighted by molar-refractivity contribution is -0.116. The van der Waals surface area contributed by atoms with Crippen molar-refractivity contribution >= 4 is 41.5 Å². The molecule has 0 bridgehead atoms. The summed E-state index contributed by atoms with van der Waals surface area (Å²) < 4.78 is 5.52. The number of carbonyl (C=O) groups is 1. The molecule has 1 amide bonds. The third-order valence-corrected chi connectivity index (χ3v) is 4.83. The lowest BCUT2D eigenvalue weighted by Crippen LogP contribution is -2.44. The SMILES string of the molecule is CCCC(=O)Nc1cccc(CNC(=NC)NCC2(CCO)CCOC2)c1.I. The van der Waals surface area contributed by atoms with Gasteiger partial charge in [0, 0.05) is 50.9 Å². The van der Waals surface area contributed by atoms with Crippen molar-refractivity contribution in [3.8, 4) is 0 Å². The molecule has 1 aromatic carbocycles. The van der Waals surface area contributed by atoms with E-state index in [4.69, 9.17) is 4.74 Å². The fraction of sp³-hybridized carbons (Fsp3) is 0.600. The average molecular weight is 504 g/mol. The van der Waals surface area contributed by atoms with Crippen LogP contribution in [0, 0.1) is 5.41 Å². The van der Waals surface area contributed by atoms with Gasteiger partial charge in [-0.05, 0) is 37.0 Å². The van der Waals surface area contributed by atoms with Crippen LogP contribution in [0.2, 0.25) is 0 Å². The standard InChI is InChI=1S/C20H32N4O3.HI/c1-3-5-18(26)24-17-7-4-6-16(12-17)13-22-19(21-2)23-14-20(8-10-25)9-11-27-15-20;/h4,6-7,12,25H,3,5,8-11,13-15H2,1-2H3,(H,24,26)(H2,21,22,23);1H. The molecule has 4 N–H and O–H groups in total. The number of hydrogen-bond acceptors (Lipinski definition) is 4. The van der Waals surface area contributed by atoms with Gasteiger partial charge in [-0.15, -0.1) is 24.0 Å². The fourth-order valence-electron chi connectivity index (χ4n) is 3.20. The summed E-state index contributed by atoms with van der Waals surface area (Å²) >= 11 is 0. The van der Waals surface area contributed by atoms with Crippen molar-refractivity contribution in [2.24, 2.45) is 10.4 Å². The van der Waals surface area contributed by atoms with Crippen molar-refractivity contribution in [2.75, 3.05) is 38.7 Å². The Morgan fingerprint density at radius 1 is 1.36 bits per heavy atom. The second-order valence-corrected chi connectivity index (χ2v) is 7.05. The van der Waals surface area contributed by atoms with Gasteiger partial charge in [-0.1, -0.05) is 19.1 Å². The van der Waals surface area contributed by atoms with Gasteiger partial charge in [-0.25, -0.2) is 0 Å². The predicted octanol–water partition coefficient (Wildman–Crippen LogP) is 2.50. The molecular formula is C20H33IN4O3. The van der Waals surface area contributed by atoms with Gasteiger partial charge in [-0.3, -0.25) is 9.79 Å². The zero-order chi connectivity index (χ0) is 19.5. The highest BCUT2D eigenvalue weighted by Gasteiger charge is 2.34. The molecule has 28 heavy (non-hydrogen) atoms. The second kappa shape index (κ2) is 12.9. The van der Waals surface area contributed by atoms with Gasteiger partial charge < -0.3 is 25.8 Å². The van der Waals surface area contributed by atoms with Crippen LogP contribution in [0.25, 0.3) is 0 Å². The minimum atomic E-state index is -0.0319. The first-order chi connectivity index (χ1) is 13.1. The van der Waals surface area contributed by atoms with Crippen LogP contribution in [0.4, 0.5) is 5.69 Å². The van der Waals surface area contributed by atoms with E-state index in [1.54, 1.807) is 7.05 Å². The zero-order valence-electron chi connectivity index (χ0n) is 16.8. The second-order valence-electron chi connectivity index (χ2n) is 7.05. The van der Waals surface area contributed by atoms with Crippen molar-refractivity contribution in [1.82, 2.24) is 10.6 Å². The number of carbonyl (C=O) groups excluding carboxylic acids is 1. The van der Waals surface area contributed by atoms with Gasteiger partial charge in [0.25, 0.3) is 0 Å². The molecule has 1 atom stereocenters. The molecule has 8 heteroatoms. The lowest BCUT2D eigenvalue weighted by atomic mass is 9.84. The number of halogens is 1. The molecule has 1 saturated heterocycles. The molecule has 0 spiro atoms. The van der Waals surface area contributed by atoms with Gasteiger partial charge >= 0.3 is 0 Å². The van der Waals surface area contributed by atoms with Gasteiger partial charge in [0.2, 0.25) is 5.91 Å². The van der Waals surface area contributed by atoms with Gasteiger partial charge in [-0.2, -0.15) is 0 Å². The number of aliphatic hydroxyl groups excluding tert-OH is 1. The van der Waals surface area contributed by atoms with Crippen molar-refractivity contribution in [1.29, 1.82) is 0 Å². The molecule has 1 fully saturated rings. The van der Waals surface area contributed by atoms with E-state index >= 15 is 0 Å². The van der Waals surface area contributed by atoms with E-state index in [0.29, 0.717) is 32.1 Å². The summed E-state index contributed by atoms with van der Waals surface area (Å²) in [6.45, 7) is 4.86. The molecule has 1 heterocycles. The highest BCUT2D eigenvalue weighted by Crippen LogP contribution is 2.31. The average Bonchev–Trinajstić information content (AvgIpc) is 3.11. The van der Waals surface area contributed by atoms with Crippen LogP contribution < -0.4 is 16.0 Å². The maximum atomic E-state index is 11.7. The van der Waals surface area contributed by atoms with E-state index in [0.717, 1.165) is 37.1 Å². The van der Waals surface area contributed by atoms with Gasteiger partial charge in [0.05, 0.1) is 6.61 Å². The third-order valence-electron chi connectivity index (χ3n) is 4.83. The Balaban J connectivity index is 0.00000392. The molecule has 0 aromatic heterocycles. The number of ether oxygens (including phenoxy) is 1. The Bertz CT molecular complexity index is 634. The first-order valence-electron chi connectivity index (χ1n) is 9.63. The summed E-state index contributed by atoms with van der Waals surface area (Å²) in [4.78, 5) is 16.0. The number of guanidine groups is 1. The quantitative estimate of drug-likeness (QED) is 0.236. The molecule has 1 aliphatic rings. The summed E-state index contributed by atoms with van der Waals surface area (Å²) in [7, 11) is 1.74. The highest BCUT2D eigenvalue weighted by molar-refractivity contribution is 14.0. The first-order valence-corrected chi connectivity index (χ1v) is 9.63. The topological polar surface area (TPSA) is 95.0 Å². The number of aliphatic imine (C=N–C) groups is 1. The molecule has 1 aliphatic heterocycles. The van der Waals surface area contributed by atoms with Crippen molar-refractivity contribution in [3.63, 3.8) is 0 Å². The van der Waals surface area contributed by atoms with E-state index in [2.05, 4.69) is 20.9 Å². The smallest absolute Gasteiger partial charge is 0.224 e. The van der Waals surface area contributed by atoms with Crippen molar-refractivity contribution in [2.45, 2.75) is 39.2 Å². The Kier molecular flexibility index (Phi) is 11.4. The molecular weight excluding hydrogens is 471 g/mol. The number of hydrogen-bond donors (Lipinski definition) is 4. The number of rotatable bonds is 9. The number of amides is 1. The van der Waals surface area contributed by atoms with Gasteiger partial charge in [0.15, 0.2) is 5.96 Å². The molecule has 158 valence electrons. The predicted molar refractivity (Wildman–Crippen MR) is 123 cm³/mol. The minimum Gasteiger partial charge on any atom is -0.396 e. The summed E-state index contributed by atoms with van der Waals surface area (Å²) in [5.41, 5.74) is 1.83. The summed E-state index contributed by atoms with van der Waals surface area (Å²) in [5, 5.41) is 18.9. The van der Waals surface area contributed by atoms with Crippen LogP contribution in [0.5, 0.6) is 0 Å². The third kappa shape index (κ3) is 7.92. The molecule has 0 aliphatic carbocycles. The van der Waals surface area contributed by atoms with Gasteiger partial charge in [0.1, 0.15) is 0 Å². The molecule has 2 rings (SSSR count). The van der Waals surface area contributed by atoms with E-state index in [9.17, 15) is 9.90 Å². The van der Waals surface area contributed by atoms with Crippen LogP contribution >= 0.6 is 24.0 Å². The Morgan fingerprint density at radius 2 is 2.18 bits per heavy atom. The molecule has 0 radical (unpaired) electrons. The zero-order valence-corrected chi connectivity index (χ0v) is 19.1. The van der Waals surface area contributed by atoms with Crippen LogP contribution in [0.1, 0.15) is 38.2 Å². The number of aliphatic hydroxyl groups is 1. The lowest BCUT2D eigenvalue weighted by Gasteiger charge is -2.27. The number of anilines is 1.